The smallest absolute Gasteiger partial charge is 0.328 e. The lowest BCUT2D eigenvalue weighted by Crippen LogP contribution is -2.45. The second-order valence-corrected chi connectivity index (χ2v) is 8.65. The Labute approximate surface area is 137 Å². The lowest BCUT2D eigenvalue weighted by Gasteiger charge is -2.33. The third kappa shape index (κ3) is 4.12. The minimum Gasteiger partial charge on any atom is -0.461 e. The quantitative estimate of drug-likeness (QED) is 0.786. The Bertz CT molecular complexity index is 624. The molecule has 2 fully saturated rings. The highest BCUT2D eigenvalue weighted by Crippen LogP contribution is 2.28. The SMILES string of the molecule is O=C(OC1CCCC1)[C@H](c1ccccc1)N1CCS(=O)(=O)CC1. The predicted octanol–water partition coefficient (Wildman–Crippen LogP) is 1.94. The first-order valence-electron chi connectivity index (χ1n) is 8.25. The molecule has 0 aromatic heterocycles. The second kappa shape index (κ2) is 7.01. The number of carbonyl (C=O) groups is 1. The van der Waals surface area contributed by atoms with Crippen LogP contribution in [0.5, 0.6) is 0 Å². The van der Waals surface area contributed by atoms with Gasteiger partial charge in [-0.25, -0.2) is 13.2 Å². The van der Waals surface area contributed by atoms with Crippen LogP contribution in [0.2, 0.25) is 0 Å². The van der Waals surface area contributed by atoms with E-state index in [4.69, 9.17) is 4.74 Å². The van der Waals surface area contributed by atoms with E-state index in [1.165, 1.54) is 0 Å². The van der Waals surface area contributed by atoms with Crippen molar-refractivity contribution in [2.45, 2.75) is 37.8 Å². The van der Waals surface area contributed by atoms with Crippen molar-refractivity contribution in [3.63, 3.8) is 0 Å². The summed E-state index contributed by atoms with van der Waals surface area (Å²) in [6.45, 7) is 0.753. The van der Waals surface area contributed by atoms with Gasteiger partial charge in [0.25, 0.3) is 0 Å². The monoisotopic (exact) mass is 337 g/mol. The van der Waals surface area contributed by atoms with Crippen LogP contribution in [0.3, 0.4) is 0 Å². The van der Waals surface area contributed by atoms with Gasteiger partial charge in [0.1, 0.15) is 12.1 Å². The van der Waals surface area contributed by atoms with E-state index in [1.807, 2.05) is 35.2 Å². The van der Waals surface area contributed by atoms with Crippen molar-refractivity contribution in [3.8, 4) is 0 Å². The molecule has 5 nitrogen and oxygen atoms in total. The molecule has 1 saturated carbocycles. The lowest BCUT2D eigenvalue weighted by molar-refractivity contribution is -0.155. The highest BCUT2D eigenvalue weighted by molar-refractivity contribution is 7.91. The van der Waals surface area contributed by atoms with Crippen molar-refractivity contribution in [1.82, 2.24) is 4.90 Å². The minimum absolute atomic E-state index is 0.0160. The summed E-state index contributed by atoms with van der Waals surface area (Å²) in [5, 5.41) is 0. The van der Waals surface area contributed by atoms with E-state index >= 15 is 0 Å². The third-order valence-electron chi connectivity index (χ3n) is 4.67. The Morgan fingerprint density at radius 3 is 2.30 bits per heavy atom. The maximum atomic E-state index is 12.7. The van der Waals surface area contributed by atoms with Gasteiger partial charge in [0.05, 0.1) is 11.5 Å². The van der Waals surface area contributed by atoms with Crippen LogP contribution < -0.4 is 0 Å². The highest BCUT2D eigenvalue weighted by Gasteiger charge is 2.34. The lowest BCUT2D eigenvalue weighted by atomic mass is 10.1. The first-order chi connectivity index (χ1) is 11.1. The molecule has 0 spiro atoms. The third-order valence-corrected chi connectivity index (χ3v) is 6.28. The normalized spacial score (nSPS) is 23.5. The van der Waals surface area contributed by atoms with Gasteiger partial charge in [0.15, 0.2) is 9.84 Å². The molecule has 0 unspecified atom stereocenters. The van der Waals surface area contributed by atoms with Crippen LogP contribution in [0.1, 0.15) is 37.3 Å². The Balaban J connectivity index is 1.78. The van der Waals surface area contributed by atoms with Crippen molar-refractivity contribution >= 4 is 15.8 Å². The molecule has 1 aromatic carbocycles. The minimum atomic E-state index is -2.97. The molecule has 23 heavy (non-hydrogen) atoms. The summed E-state index contributed by atoms with van der Waals surface area (Å²) in [5.41, 5.74) is 0.870. The van der Waals surface area contributed by atoms with Gasteiger partial charge in [-0.3, -0.25) is 4.90 Å². The zero-order valence-corrected chi connectivity index (χ0v) is 14.0. The van der Waals surface area contributed by atoms with Crippen molar-refractivity contribution in [2.75, 3.05) is 24.6 Å². The molecule has 6 heteroatoms. The predicted molar refractivity (Wildman–Crippen MR) is 87.8 cm³/mol. The van der Waals surface area contributed by atoms with Gasteiger partial charge < -0.3 is 4.74 Å². The van der Waals surface area contributed by atoms with E-state index in [0.29, 0.717) is 13.1 Å². The van der Waals surface area contributed by atoms with Gasteiger partial charge in [0.2, 0.25) is 0 Å². The number of esters is 1. The fourth-order valence-electron chi connectivity index (χ4n) is 3.35. The summed E-state index contributed by atoms with van der Waals surface area (Å²) in [5.74, 6) is -0.0394. The fourth-order valence-corrected chi connectivity index (χ4v) is 4.58. The van der Waals surface area contributed by atoms with Crippen molar-refractivity contribution < 1.29 is 17.9 Å². The molecule has 1 aromatic rings. The van der Waals surface area contributed by atoms with Crippen LogP contribution in [-0.4, -0.2) is 50.0 Å². The Hall–Kier alpha value is -1.40. The molecule has 0 N–H and O–H groups in total. The van der Waals surface area contributed by atoms with Gasteiger partial charge in [-0.15, -0.1) is 0 Å². The average molecular weight is 337 g/mol. The molecule has 126 valence electrons. The number of benzene rings is 1. The number of hydrogen-bond donors (Lipinski definition) is 0. The van der Waals surface area contributed by atoms with Gasteiger partial charge in [-0.2, -0.15) is 0 Å². The maximum absolute atomic E-state index is 12.7. The Morgan fingerprint density at radius 1 is 1.09 bits per heavy atom. The van der Waals surface area contributed by atoms with Crippen molar-refractivity contribution in [1.29, 1.82) is 0 Å². The van der Waals surface area contributed by atoms with Crippen LogP contribution in [0, 0.1) is 0 Å². The number of rotatable bonds is 4. The summed E-state index contributed by atoms with van der Waals surface area (Å²) < 4.78 is 29.0. The van der Waals surface area contributed by atoms with Crippen LogP contribution in [0.15, 0.2) is 30.3 Å². The fraction of sp³-hybridized carbons (Fsp3) is 0.588. The first kappa shape index (κ1) is 16.5. The van der Waals surface area contributed by atoms with Gasteiger partial charge in [0, 0.05) is 13.1 Å². The largest absolute Gasteiger partial charge is 0.461 e. The first-order valence-corrected chi connectivity index (χ1v) is 10.1. The summed E-state index contributed by atoms with van der Waals surface area (Å²) in [4.78, 5) is 14.7. The number of carbonyl (C=O) groups excluding carboxylic acids is 1. The van der Waals surface area contributed by atoms with E-state index in [0.717, 1.165) is 31.2 Å². The number of hydrogen-bond acceptors (Lipinski definition) is 5. The van der Waals surface area contributed by atoms with Crippen molar-refractivity contribution in [2.24, 2.45) is 0 Å². The van der Waals surface area contributed by atoms with Gasteiger partial charge >= 0.3 is 5.97 Å². The topological polar surface area (TPSA) is 63.7 Å². The molecule has 1 saturated heterocycles. The molecule has 1 aliphatic carbocycles. The molecule has 0 amide bonds. The molecule has 2 aliphatic rings. The number of sulfone groups is 1. The average Bonchev–Trinajstić information content (AvgIpc) is 3.03. The van der Waals surface area contributed by atoms with Gasteiger partial charge in [-0.05, 0) is 31.2 Å². The molecule has 0 bridgehead atoms. The number of ether oxygens (including phenoxy) is 1. The van der Waals surface area contributed by atoms with Crippen LogP contribution >= 0.6 is 0 Å². The van der Waals surface area contributed by atoms with E-state index in [9.17, 15) is 13.2 Å². The van der Waals surface area contributed by atoms with Crippen LogP contribution in [-0.2, 0) is 19.4 Å². The van der Waals surface area contributed by atoms with Crippen LogP contribution in [0.4, 0.5) is 0 Å². The summed E-state index contributed by atoms with van der Waals surface area (Å²) in [6.07, 6.45) is 4.09. The van der Waals surface area contributed by atoms with E-state index in [1.54, 1.807) is 0 Å². The Kier molecular flexibility index (Phi) is 5.02. The summed E-state index contributed by atoms with van der Waals surface area (Å²) in [7, 11) is -2.97. The van der Waals surface area contributed by atoms with E-state index < -0.39 is 15.9 Å². The molecule has 1 heterocycles. The molecule has 3 rings (SSSR count). The standard InChI is InChI=1S/C17H23NO4S/c19-17(22-15-8-4-5-9-15)16(14-6-2-1-3-7-14)18-10-12-23(20,21)13-11-18/h1-3,6-7,15-16H,4-5,8-13H2/t16-/m0/s1. The molecular formula is C17H23NO4S. The molecule has 0 radical (unpaired) electrons. The summed E-state index contributed by atoms with van der Waals surface area (Å²) >= 11 is 0. The van der Waals surface area contributed by atoms with Gasteiger partial charge in [-0.1, -0.05) is 30.3 Å². The Morgan fingerprint density at radius 2 is 1.70 bits per heavy atom. The zero-order valence-electron chi connectivity index (χ0n) is 13.2. The highest BCUT2D eigenvalue weighted by atomic mass is 32.2. The van der Waals surface area contributed by atoms with Crippen LogP contribution in [0.25, 0.3) is 0 Å². The molecule has 1 aliphatic heterocycles. The van der Waals surface area contributed by atoms with E-state index in [2.05, 4.69) is 0 Å². The molecular weight excluding hydrogens is 314 g/mol. The zero-order chi connectivity index (χ0) is 16.3. The van der Waals surface area contributed by atoms with E-state index in [-0.39, 0.29) is 23.6 Å². The number of nitrogens with zero attached hydrogens (tertiary/aromatic N) is 1. The maximum Gasteiger partial charge on any atom is 0.328 e. The second-order valence-electron chi connectivity index (χ2n) is 6.34. The summed E-state index contributed by atoms with van der Waals surface area (Å²) in [6, 6.07) is 9.00. The van der Waals surface area contributed by atoms with Crippen molar-refractivity contribution in [3.05, 3.63) is 35.9 Å². The molecule has 1 atom stereocenters.